The highest BCUT2D eigenvalue weighted by Gasteiger charge is 2.33. The highest BCUT2D eigenvalue weighted by molar-refractivity contribution is 5.76. The number of nitrogens with two attached hydrogens (primary N) is 1. The van der Waals surface area contributed by atoms with Gasteiger partial charge < -0.3 is 19.8 Å². The molecule has 114 valence electrons. The van der Waals surface area contributed by atoms with Crippen LogP contribution >= 0.6 is 0 Å². The van der Waals surface area contributed by atoms with E-state index in [9.17, 15) is 18.0 Å². The van der Waals surface area contributed by atoms with Crippen LogP contribution in [0.15, 0.2) is 22.8 Å². The van der Waals surface area contributed by atoms with Gasteiger partial charge in [0, 0.05) is 13.7 Å². The summed E-state index contributed by atoms with van der Waals surface area (Å²) < 4.78 is 47.4. The SMILES string of the molecule is COC(CN)CC(=O)N(Cc1ccco1)CC(F)(F)F. The molecule has 0 saturated carbocycles. The Hall–Kier alpha value is -1.54. The minimum atomic E-state index is -4.48. The van der Waals surface area contributed by atoms with Gasteiger partial charge in [-0.05, 0) is 12.1 Å². The number of methoxy groups -OCH3 is 1. The largest absolute Gasteiger partial charge is 0.467 e. The van der Waals surface area contributed by atoms with Crippen molar-refractivity contribution in [2.45, 2.75) is 25.2 Å². The Morgan fingerprint density at radius 3 is 2.70 bits per heavy atom. The Balaban J connectivity index is 2.73. The molecule has 0 spiro atoms. The Morgan fingerprint density at radius 1 is 1.55 bits per heavy atom. The molecule has 1 unspecified atom stereocenters. The van der Waals surface area contributed by atoms with Crippen molar-refractivity contribution in [2.24, 2.45) is 5.73 Å². The molecule has 0 bridgehead atoms. The zero-order chi connectivity index (χ0) is 15.2. The quantitative estimate of drug-likeness (QED) is 0.828. The maximum absolute atomic E-state index is 12.5. The topological polar surface area (TPSA) is 68.7 Å². The standard InChI is InChI=1S/C12H17F3N2O3/c1-19-10(6-16)5-11(18)17(8-12(13,14)15)7-9-3-2-4-20-9/h2-4,10H,5-8,16H2,1H3. The van der Waals surface area contributed by atoms with E-state index in [1.54, 1.807) is 6.07 Å². The number of ether oxygens (including phenoxy) is 1. The maximum atomic E-state index is 12.5. The van der Waals surface area contributed by atoms with E-state index < -0.39 is 24.7 Å². The zero-order valence-corrected chi connectivity index (χ0v) is 11.0. The second-order valence-electron chi connectivity index (χ2n) is 4.24. The summed E-state index contributed by atoms with van der Waals surface area (Å²) in [6.07, 6.45) is -3.95. The summed E-state index contributed by atoms with van der Waals surface area (Å²) in [4.78, 5) is 12.6. The van der Waals surface area contributed by atoms with Crippen LogP contribution in [0.1, 0.15) is 12.2 Å². The van der Waals surface area contributed by atoms with Crippen molar-refractivity contribution >= 4 is 5.91 Å². The minimum absolute atomic E-state index is 0.0584. The normalized spacial score (nSPS) is 13.2. The molecule has 0 aliphatic heterocycles. The van der Waals surface area contributed by atoms with Crippen molar-refractivity contribution in [2.75, 3.05) is 20.2 Å². The van der Waals surface area contributed by atoms with Crippen LogP contribution in [0.4, 0.5) is 13.2 Å². The van der Waals surface area contributed by atoms with Crippen LogP contribution in [0, 0.1) is 0 Å². The molecule has 0 radical (unpaired) electrons. The van der Waals surface area contributed by atoms with Gasteiger partial charge in [-0.3, -0.25) is 4.79 Å². The summed E-state index contributed by atoms with van der Waals surface area (Å²) in [6, 6.07) is 3.05. The lowest BCUT2D eigenvalue weighted by atomic mass is 10.2. The first-order valence-corrected chi connectivity index (χ1v) is 5.95. The van der Waals surface area contributed by atoms with Crippen molar-refractivity contribution in [3.05, 3.63) is 24.2 Å². The molecule has 1 atom stereocenters. The zero-order valence-electron chi connectivity index (χ0n) is 11.0. The van der Waals surface area contributed by atoms with E-state index in [0.29, 0.717) is 4.90 Å². The third-order valence-corrected chi connectivity index (χ3v) is 2.65. The van der Waals surface area contributed by atoms with E-state index in [2.05, 4.69) is 0 Å². The molecule has 0 saturated heterocycles. The van der Waals surface area contributed by atoms with Gasteiger partial charge in [-0.2, -0.15) is 13.2 Å². The van der Waals surface area contributed by atoms with Crippen molar-refractivity contribution in [1.29, 1.82) is 0 Å². The fourth-order valence-corrected chi connectivity index (χ4v) is 1.63. The Morgan fingerprint density at radius 2 is 2.25 bits per heavy atom. The molecular formula is C12H17F3N2O3. The number of hydrogen-bond acceptors (Lipinski definition) is 4. The summed E-state index contributed by atoms with van der Waals surface area (Å²) in [6.45, 7) is -1.53. The van der Waals surface area contributed by atoms with Gasteiger partial charge in [0.2, 0.25) is 5.91 Å². The van der Waals surface area contributed by atoms with Gasteiger partial charge in [0.1, 0.15) is 12.3 Å². The van der Waals surface area contributed by atoms with E-state index in [-0.39, 0.29) is 25.3 Å². The number of nitrogens with zero attached hydrogens (tertiary/aromatic N) is 1. The van der Waals surface area contributed by atoms with Crippen LogP contribution in [-0.4, -0.2) is 43.3 Å². The number of halogens is 3. The smallest absolute Gasteiger partial charge is 0.406 e. The predicted octanol–water partition coefficient (Wildman–Crippen LogP) is 1.53. The number of rotatable bonds is 7. The Bertz CT molecular complexity index is 403. The molecule has 0 aliphatic carbocycles. The molecule has 1 heterocycles. The molecule has 0 aliphatic rings. The van der Waals surface area contributed by atoms with Crippen LogP contribution in [-0.2, 0) is 16.1 Å². The van der Waals surface area contributed by atoms with E-state index in [0.717, 1.165) is 0 Å². The fraction of sp³-hybridized carbons (Fsp3) is 0.583. The number of amides is 1. The van der Waals surface area contributed by atoms with Crippen molar-refractivity contribution in [3.8, 4) is 0 Å². The summed E-state index contributed by atoms with van der Waals surface area (Å²) in [5.74, 6) is -0.402. The second kappa shape index (κ2) is 7.30. The molecule has 20 heavy (non-hydrogen) atoms. The molecule has 8 heteroatoms. The summed E-state index contributed by atoms with van der Waals surface area (Å²) in [7, 11) is 1.35. The summed E-state index contributed by atoms with van der Waals surface area (Å²) in [5, 5.41) is 0. The van der Waals surface area contributed by atoms with Crippen LogP contribution in [0.5, 0.6) is 0 Å². The third-order valence-electron chi connectivity index (χ3n) is 2.65. The van der Waals surface area contributed by atoms with Gasteiger partial charge in [-0.25, -0.2) is 0 Å². The molecule has 1 rings (SSSR count). The predicted molar refractivity (Wildman–Crippen MR) is 64.6 cm³/mol. The van der Waals surface area contributed by atoms with Crippen LogP contribution in [0.2, 0.25) is 0 Å². The average Bonchev–Trinajstić information content (AvgIpc) is 2.86. The van der Waals surface area contributed by atoms with E-state index in [1.807, 2.05) is 0 Å². The highest BCUT2D eigenvalue weighted by Crippen LogP contribution is 2.19. The lowest BCUT2D eigenvalue weighted by Crippen LogP contribution is -2.41. The first-order valence-electron chi connectivity index (χ1n) is 5.95. The fourth-order valence-electron chi connectivity index (χ4n) is 1.63. The van der Waals surface area contributed by atoms with Crippen LogP contribution in [0.3, 0.4) is 0 Å². The third kappa shape index (κ3) is 5.62. The van der Waals surface area contributed by atoms with Gasteiger partial charge in [0.15, 0.2) is 0 Å². The van der Waals surface area contributed by atoms with Crippen molar-refractivity contribution < 1.29 is 27.1 Å². The monoisotopic (exact) mass is 294 g/mol. The number of carbonyl (C=O) groups excluding carboxylic acids is 1. The molecule has 0 fully saturated rings. The van der Waals surface area contributed by atoms with Crippen LogP contribution in [0.25, 0.3) is 0 Å². The van der Waals surface area contributed by atoms with Crippen molar-refractivity contribution in [3.63, 3.8) is 0 Å². The average molecular weight is 294 g/mol. The summed E-state index contributed by atoms with van der Waals surface area (Å²) >= 11 is 0. The minimum Gasteiger partial charge on any atom is -0.467 e. The van der Waals surface area contributed by atoms with Gasteiger partial charge in [-0.1, -0.05) is 0 Å². The molecule has 1 aromatic heterocycles. The van der Waals surface area contributed by atoms with Crippen LogP contribution < -0.4 is 5.73 Å². The number of alkyl halides is 3. The number of furan rings is 1. The first-order chi connectivity index (χ1) is 9.35. The number of carbonyl (C=O) groups is 1. The highest BCUT2D eigenvalue weighted by atomic mass is 19.4. The maximum Gasteiger partial charge on any atom is 0.406 e. The molecule has 1 aromatic rings. The summed E-state index contributed by atoms with van der Waals surface area (Å²) in [5.41, 5.74) is 5.36. The first kappa shape index (κ1) is 16.5. The van der Waals surface area contributed by atoms with E-state index in [4.69, 9.17) is 14.9 Å². The molecule has 0 aromatic carbocycles. The lowest BCUT2D eigenvalue weighted by Gasteiger charge is -2.24. The molecule has 5 nitrogen and oxygen atoms in total. The molecular weight excluding hydrogens is 277 g/mol. The second-order valence-corrected chi connectivity index (χ2v) is 4.24. The lowest BCUT2D eigenvalue weighted by molar-refractivity contribution is -0.164. The molecule has 2 N–H and O–H groups in total. The van der Waals surface area contributed by atoms with Gasteiger partial charge in [-0.15, -0.1) is 0 Å². The van der Waals surface area contributed by atoms with E-state index in [1.165, 1.54) is 19.4 Å². The molecule has 1 amide bonds. The number of hydrogen-bond donors (Lipinski definition) is 1. The Labute approximate surface area is 114 Å². The van der Waals surface area contributed by atoms with Crippen molar-refractivity contribution in [1.82, 2.24) is 4.90 Å². The van der Waals surface area contributed by atoms with Gasteiger partial charge in [0.05, 0.1) is 25.3 Å². The van der Waals surface area contributed by atoms with Gasteiger partial charge >= 0.3 is 6.18 Å². The van der Waals surface area contributed by atoms with E-state index >= 15 is 0 Å². The van der Waals surface area contributed by atoms with Gasteiger partial charge in [0.25, 0.3) is 0 Å². The Kier molecular flexibility index (Phi) is 6.03.